The number of nitrogens with one attached hydrogen (secondary N) is 1. The van der Waals surface area contributed by atoms with Gasteiger partial charge in [-0.3, -0.25) is 4.90 Å². The third kappa shape index (κ3) is 4.04. The summed E-state index contributed by atoms with van der Waals surface area (Å²) in [6, 6.07) is 18.1. The summed E-state index contributed by atoms with van der Waals surface area (Å²) in [5.74, 6) is 0. The summed E-state index contributed by atoms with van der Waals surface area (Å²) in [5, 5.41) is 3.83. The van der Waals surface area contributed by atoms with Gasteiger partial charge >= 0.3 is 0 Å². The molecule has 28 heavy (non-hydrogen) atoms. The molecule has 5 rings (SSSR count). The van der Waals surface area contributed by atoms with Crippen LogP contribution in [-0.4, -0.2) is 37.6 Å². The van der Waals surface area contributed by atoms with Crippen LogP contribution in [0.5, 0.6) is 0 Å². The van der Waals surface area contributed by atoms with Gasteiger partial charge in [0, 0.05) is 44.0 Å². The molecule has 0 radical (unpaired) electrons. The average Bonchev–Trinajstić information content (AvgIpc) is 3.31. The molecule has 152 valence electrons. The van der Waals surface area contributed by atoms with Crippen LogP contribution in [-0.2, 0) is 18.5 Å². The Kier molecular flexibility index (Phi) is 6.93. The van der Waals surface area contributed by atoms with Gasteiger partial charge in [0.1, 0.15) is 0 Å². The standard InChI is InChI=1S/C23H29N3.2ClH/c1-2-5-19(6-3-1)18-25-13-15-26(16-14-25)21-8-7-20-9-11-23(22(20)17-21)10-4-12-24-23;;/h1-3,5-8,17,24H,4,9-16,18H2;2*1H. The van der Waals surface area contributed by atoms with E-state index < -0.39 is 0 Å². The first-order valence-corrected chi connectivity index (χ1v) is 10.2. The van der Waals surface area contributed by atoms with Crippen molar-refractivity contribution in [3.63, 3.8) is 0 Å². The van der Waals surface area contributed by atoms with E-state index in [1.54, 1.807) is 11.1 Å². The number of halogens is 2. The van der Waals surface area contributed by atoms with E-state index in [9.17, 15) is 0 Å². The van der Waals surface area contributed by atoms with Crippen LogP contribution in [0.4, 0.5) is 5.69 Å². The number of hydrogen-bond donors (Lipinski definition) is 1. The van der Waals surface area contributed by atoms with E-state index in [1.807, 2.05) is 0 Å². The molecule has 2 fully saturated rings. The summed E-state index contributed by atoms with van der Waals surface area (Å²) < 4.78 is 0. The van der Waals surface area contributed by atoms with Gasteiger partial charge in [0.15, 0.2) is 0 Å². The number of fused-ring (bicyclic) bond motifs is 2. The summed E-state index contributed by atoms with van der Waals surface area (Å²) in [7, 11) is 0. The van der Waals surface area contributed by atoms with Crippen molar-refractivity contribution in [1.82, 2.24) is 10.2 Å². The van der Waals surface area contributed by atoms with Gasteiger partial charge in [-0.15, -0.1) is 24.8 Å². The maximum Gasteiger partial charge on any atom is 0.0441 e. The topological polar surface area (TPSA) is 18.5 Å². The Labute approximate surface area is 181 Å². The van der Waals surface area contributed by atoms with Crippen molar-refractivity contribution >= 4 is 30.5 Å². The van der Waals surface area contributed by atoms with E-state index in [4.69, 9.17) is 0 Å². The maximum atomic E-state index is 3.83. The summed E-state index contributed by atoms with van der Waals surface area (Å²) in [5.41, 5.74) is 6.32. The van der Waals surface area contributed by atoms with Crippen molar-refractivity contribution in [2.75, 3.05) is 37.6 Å². The summed E-state index contributed by atoms with van der Waals surface area (Å²) >= 11 is 0. The molecule has 1 unspecified atom stereocenters. The van der Waals surface area contributed by atoms with Gasteiger partial charge < -0.3 is 10.2 Å². The molecule has 0 aromatic heterocycles. The van der Waals surface area contributed by atoms with Crippen LogP contribution < -0.4 is 10.2 Å². The lowest BCUT2D eigenvalue weighted by Crippen LogP contribution is -2.46. The Morgan fingerprint density at radius 2 is 1.68 bits per heavy atom. The van der Waals surface area contributed by atoms with Gasteiger partial charge in [-0.2, -0.15) is 0 Å². The quantitative estimate of drug-likeness (QED) is 0.795. The van der Waals surface area contributed by atoms with Crippen molar-refractivity contribution < 1.29 is 0 Å². The molecular weight excluding hydrogens is 389 g/mol. The Balaban J connectivity index is 0.00000112. The van der Waals surface area contributed by atoms with E-state index in [0.717, 1.165) is 32.7 Å². The highest BCUT2D eigenvalue weighted by molar-refractivity contribution is 5.85. The zero-order valence-corrected chi connectivity index (χ0v) is 18.0. The van der Waals surface area contributed by atoms with Gasteiger partial charge in [0.2, 0.25) is 0 Å². The van der Waals surface area contributed by atoms with E-state index in [-0.39, 0.29) is 24.8 Å². The van der Waals surface area contributed by atoms with E-state index in [2.05, 4.69) is 63.6 Å². The van der Waals surface area contributed by atoms with Crippen molar-refractivity contribution in [3.8, 4) is 0 Å². The van der Waals surface area contributed by atoms with E-state index in [1.165, 1.54) is 43.5 Å². The van der Waals surface area contributed by atoms with E-state index >= 15 is 0 Å². The fraction of sp³-hybridized carbons (Fsp3) is 0.478. The van der Waals surface area contributed by atoms with Crippen LogP contribution in [0.25, 0.3) is 0 Å². The molecule has 2 aromatic rings. The number of piperazine rings is 1. The molecule has 1 atom stereocenters. The highest BCUT2D eigenvalue weighted by atomic mass is 35.5. The fourth-order valence-corrected chi connectivity index (χ4v) is 5.16. The predicted molar refractivity (Wildman–Crippen MR) is 122 cm³/mol. The van der Waals surface area contributed by atoms with Crippen molar-refractivity contribution in [2.45, 2.75) is 37.8 Å². The summed E-state index contributed by atoms with van der Waals surface area (Å²) in [4.78, 5) is 5.17. The molecule has 3 aliphatic rings. The van der Waals surface area contributed by atoms with Crippen LogP contribution in [0.3, 0.4) is 0 Å². The van der Waals surface area contributed by atoms with Crippen LogP contribution >= 0.6 is 24.8 Å². The molecule has 5 heteroatoms. The molecule has 1 N–H and O–H groups in total. The molecule has 2 saturated heterocycles. The lowest BCUT2D eigenvalue weighted by atomic mass is 9.90. The maximum absolute atomic E-state index is 3.83. The first-order chi connectivity index (χ1) is 12.8. The van der Waals surface area contributed by atoms with Crippen molar-refractivity contribution in [1.29, 1.82) is 0 Å². The fourth-order valence-electron chi connectivity index (χ4n) is 5.16. The lowest BCUT2D eigenvalue weighted by molar-refractivity contribution is 0.250. The molecule has 0 bridgehead atoms. The minimum absolute atomic E-state index is 0. The molecule has 1 spiro atoms. The Bertz CT molecular complexity index is 767. The second-order valence-corrected chi connectivity index (χ2v) is 8.20. The minimum atomic E-state index is 0. The predicted octanol–water partition coefficient (Wildman–Crippen LogP) is 4.38. The molecule has 2 heterocycles. The molecule has 2 aliphatic heterocycles. The second-order valence-electron chi connectivity index (χ2n) is 8.20. The number of benzene rings is 2. The van der Waals surface area contributed by atoms with Gasteiger partial charge in [-0.1, -0.05) is 36.4 Å². The summed E-state index contributed by atoms with van der Waals surface area (Å²) in [6.07, 6.45) is 5.17. The van der Waals surface area contributed by atoms with Gasteiger partial charge in [-0.05, 0) is 61.1 Å². The highest BCUT2D eigenvalue weighted by Gasteiger charge is 2.40. The largest absolute Gasteiger partial charge is 0.369 e. The van der Waals surface area contributed by atoms with Gasteiger partial charge in [-0.25, -0.2) is 0 Å². The van der Waals surface area contributed by atoms with Crippen LogP contribution in [0, 0.1) is 0 Å². The Hall–Kier alpha value is -1.26. The number of hydrogen-bond acceptors (Lipinski definition) is 3. The second kappa shape index (κ2) is 9.04. The molecule has 2 aromatic carbocycles. The number of nitrogens with zero attached hydrogens (tertiary/aromatic N) is 2. The van der Waals surface area contributed by atoms with Crippen molar-refractivity contribution in [3.05, 3.63) is 65.2 Å². The van der Waals surface area contributed by atoms with E-state index in [0.29, 0.717) is 5.54 Å². The first kappa shape index (κ1) is 21.4. The molecule has 3 nitrogen and oxygen atoms in total. The Morgan fingerprint density at radius 1 is 0.893 bits per heavy atom. The molecule has 0 saturated carbocycles. The summed E-state index contributed by atoms with van der Waals surface area (Å²) in [6.45, 7) is 6.82. The van der Waals surface area contributed by atoms with Gasteiger partial charge in [0.25, 0.3) is 0 Å². The average molecular weight is 420 g/mol. The minimum Gasteiger partial charge on any atom is -0.369 e. The van der Waals surface area contributed by atoms with Crippen LogP contribution in [0.2, 0.25) is 0 Å². The molecular formula is C23H31Cl2N3. The normalized spacial score (nSPS) is 23.9. The molecule has 0 amide bonds. The SMILES string of the molecule is Cl.Cl.c1ccc(CN2CCN(c3ccc4c(c3)C3(CCCN3)CC4)CC2)cc1. The third-order valence-corrected chi connectivity index (χ3v) is 6.66. The third-order valence-electron chi connectivity index (χ3n) is 6.66. The Morgan fingerprint density at radius 3 is 2.39 bits per heavy atom. The smallest absolute Gasteiger partial charge is 0.0441 e. The highest BCUT2D eigenvalue weighted by Crippen LogP contribution is 2.44. The lowest BCUT2D eigenvalue weighted by Gasteiger charge is -2.37. The zero-order chi connectivity index (χ0) is 17.4. The number of aryl methyl sites for hydroxylation is 1. The van der Waals surface area contributed by atoms with Crippen molar-refractivity contribution in [2.24, 2.45) is 0 Å². The van der Waals surface area contributed by atoms with Crippen LogP contribution in [0.15, 0.2) is 48.5 Å². The van der Waals surface area contributed by atoms with Gasteiger partial charge in [0.05, 0.1) is 0 Å². The zero-order valence-electron chi connectivity index (χ0n) is 16.4. The monoisotopic (exact) mass is 419 g/mol. The molecule has 1 aliphatic carbocycles. The first-order valence-electron chi connectivity index (χ1n) is 10.2. The number of anilines is 1. The number of rotatable bonds is 3. The van der Waals surface area contributed by atoms with Crippen LogP contribution in [0.1, 0.15) is 36.0 Å².